The van der Waals surface area contributed by atoms with Crippen molar-refractivity contribution in [3.8, 4) is 11.5 Å². The molecule has 0 aliphatic rings. The summed E-state index contributed by atoms with van der Waals surface area (Å²) >= 11 is 19.1. The van der Waals surface area contributed by atoms with Crippen LogP contribution in [0.4, 0.5) is 0 Å². The molecule has 180 valence electrons. The summed E-state index contributed by atoms with van der Waals surface area (Å²) in [6.45, 7) is 0.537. The first kappa shape index (κ1) is 24.5. The van der Waals surface area contributed by atoms with Crippen molar-refractivity contribution in [2.75, 3.05) is 0 Å². The molecule has 0 fully saturated rings. The van der Waals surface area contributed by atoms with Crippen LogP contribution in [-0.4, -0.2) is 25.8 Å². The van der Waals surface area contributed by atoms with Gasteiger partial charge in [-0.1, -0.05) is 59.1 Å². The number of rotatable bonds is 7. The minimum absolute atomic E-state index is 0.0405. The van der Waals surface area contributed by atoms with Crippen LogP contribution < -0.4 is 0 Å². The first-order valence-electron chi connectivity index (χ1n) is 10.6. The van der Waals surface area contributed by atoms with Crippen LogP contribution in [0.2, 0.25) is 15.1 Å². The summed E-state index contributed by atoms with van der Waals surface area (Å²) in [5.41, 5.74) is 3.35. The Kier molecular flexibility index (Phi) is 7.07. The molecule has 5 rings (SSSR count). The molecule has 2 aromatic heterocycles. The predicted molar refractivity (Wildman–Crippen MR) is 144 cm³/mol. The van der Waals surface area contributed by atoms with Gasteiger partial charge >= 0.3 is 5.97 Å². The van der Waals surface area contributed by atoms with Gasteiger partial charge in [0.05, 0.1) is 10.0 Å². The maximum atomic E-state index is 12.1. The average Bonchev–Trinajstić information content (AvgIpc) is 3.47. The molecule has 0 amide bonds. The summed E-state index contributed by atoms with van der Waals surface area (Å²) in [6, 6.07) is 20.2. The third-order valence-electron chi connectivity index (χ3n) is 5.35. The van der Waals surface area contributed by atoms with Crippen LogP contribution >= 0.6 is 46.6 Å². The lowest BCUT2D eigenvalue weighted by atomic mass is 10.1. The highest BCUT2D eigenvalue weighted by atomic mass is 35.5. The van der Waals surface area contributed by atoms with Crippen molar-refractivity contribution in [1.29, 1.82) is 0 Å². The molecule has 5 aromatic rings. The van der Waals surface area contributed by atoms with Gasteiger partial charge in [0, 0.05) is 39.8 Å². The molecule has 0 saturated heterocycles. The molecule has 0 spiro atoms. The van der Waals surface area contributed by atoms with Gasteiger partial charge in [0.2, 0.25) is 5.89 Å². The molecular formula is C26H16Cl3N3O3S. The number of hydrogen-bond acceptors (Lipinski definition) is 5. The molecule has 0 atom stereocenters. The van der Waals surface area contributed by atoms with Gasteiger partial charge in [0.15, 0.2) is 0 Å². The minimum atomic E-state index is -1.10. The minimum Gasteiger partial charge on any atom is -0.477 e. The van der Waals surface area contributed by atoms with E-state index in [4.69, 9.17) is 39.2 Å². The number of benzene rings is 3. The molecule has 0 bridgehead atoms. The molecule has 0 radical (unpaired) electrons. The summed E-state index contributed by atoms with van der Waals surface area (Å²) in [5, 5.41) is 20.5. The van der Waals surface area contributed by atoms with E-state index in [0.717, 1.165) is 33.8 Å². The van der Waals surface area contributed by atoms with Gasteiger partial charge in [-0.15, -0.1) is 10.2 Å². The van der Waals surface area contributed by atoms with Crippen molar-refractivity contribution < 1.29 is 14.3 Å². The Hall–Kier alpha value is -3.23. The number of hydrogen-bond donors (Lipinski definition) is 1. The molecule has 36 heavy (non-hydrogen) atoms. The Labute approximate surface area is 225 Å². The van der Waals surface area contributed by atoms with E-state index in [2.05, 4.69) is 10.2 Å². The topological polar surface area (TPSA) is 81.1 Å². The lowest BCUT2D eigenvalue weighted by Gasteiger charge is -2.06. The Morgan fingerprint density at radius 3 is 2.53 bits per heavy atom. The van der Waals surface area contributed by atoms with E-state index in [-0.39, 0.29) is 16.0 Å². The summed E-state index contributed by atoms with van der Waals surface area (Å²) in [6.07, 6.45) is 3.51. The molecule has 3 aromatic carbocycles. The second-order valence-corrected chi connectivity index (χ2v) is 10.0. The maximum absolute atomic E-state index is 12.1. The van der Waals surface area contributed by atoms with Crippen LogP contribution in [0.15, 0.2) is 87.5 Å². The van der Waals surface area contributed by atoms with E-state index in [9.17, 15) is 9.90 Å². The van der Waals surface area contributed by atoms with Crippen molar-refractivity contribution in [2.45, 2.75) is 11.8 Å². The molecule has 0 unspecified atom stereocenters. The molecule has 0 saturated carbocycles. The zero-order valence-corrected chi connectivity index (χ0v) is 21.4. The van der Waals surface area contributed by atoms with Crippen molar-refractivity contribution in [1.82, 2.24) is 14.8 Å². The van der Waals surface area contributed by atoms with Crippen LogP contribution in [0.5, 0.6) is 0 Å². The number of nitrogens with zero attached hydrogens (tertiary/aromatic N) is 3. The van der Waals surface area contributed by atoms with Gasteiger partial charge < -0.3 is 14.1 Å². The highest BCUT2D eigenvalue weighted by molar-refractivity contribution is 8.03. The van der Waals surface area contributed by atoms with Gasteiger partial charge in [-0.05, 0) is 65.9 Å². The monoisotopic (exact) mass is 555 g/mol. The fraction of sp³-hybridized carbons (Fsp3) is 0.0385. The Bertz CT molecular complexity index is 1610. The Balaban J connectivity index is 1.47. The molecule has 0 aliphatic carbocycles. The lowest BCUT2D eigenvalue weighted by molar-refractivity contribution is -0.131. The average molecular weight is 557 g/mol. The van der Waals surface area contributed by atoms with Crippen molar-refractivity contribution in [2.24, 2.45) is 0 Å². The number of halogens is 3. The number of carbonyl (C=O) groups is 1. The van der Waals surface area contributed by atoms with E-state index in [0.29, 0.717) is 27.2 Å². The molecule has 10 heteroatoms. The molecule has 6 nitrogen and oxygen atoms in total. The number of carboxylic acids is 1. The number of carboxylic acid groups (broad SMARTS) is 1. The van der Waals surface area contributed by atoms with E-state index in [1.54, 1.807) is 36.4 Å². The summed E-state index contributed by atoms with van der Waals surface area (Å²) in [5.74, 6) is -0.829. The van der Waals surface area contributed by atoms with Crippen molar-refractivity contribution >= 4 is 69.5 Å². The standard InChI is InChI=1S/C26H16Cl3N3O3S/c27-18-8-6-16(7-9-18)24-30-31-26(35-24)36-23(25(33)34)12-17-14-32(22-4-2-1-3-19(17)22)13-15-5-10-20(28)21(29)11-15/h1-12,14H,13H2,(H,33,34)/b23-12-. The fourth-order valence-electron chi connectivity index (χ4n) is 3.69. The van der Waals surface area contributed by atoms with Gasteiger partial charge in [-0.2, -0.15) is 0 Å². The third kappa shape index (κ3) is 5.29. The van der Waals surface area contributed by atoms with Gasteiger partial charge in [-0.25, -0.2) is 4.79 Å². The third-order valence-corrected chi connectivity index (χ3v) is 7.19. The number of aliphatic carboxylic acids is 1. The van der Waals surface area contributed by atoms with E-state index in [1.165, 1.54) is 0 Å². The normalized spacial score (nSPS) is 11.8. The number of para-hydroxylation sites is 1. The smallest absolute Gasteiger partial charge is 0.342 e. The van der Waals surface area contributed by atoms with E-state index >= 15 is 0 Å². The zero-order chi connectivity index (χ0) is 25.2. The largest absolute Gasteiger partial charge is 0.477 e. The first-order valence-corrected chi connectivity index (χ1v) is 12.6. The second kappa shape index (κ2) is 10.4. The van der Waals surface area contributed by atoms with Crippen LogP contribution in [0.25, 0.3) is 28.4 Å². The van der Waals surface area contributed by atoms with Crippen LogP contribution in [0.3, 0.4) is 0 Å². The summed E-state index contributed by atoms with van der Waals surface area (Å²) in [7, 11) is 0. The van der Waals surface area contributed by atoms with E-state index < -0.39 is 5.97 Å². The number of fused-ring (bicyclic) bond motifs is 1. The molecule has 1 N–H and O–H groups in total. The second-order valence-electron chi connectivity index (χ2n) is 7.77. The van der Waals surface area contributed by atoms with Crippen LogP contribution in [-0.2, 0) is 11.3 Å². The summed E-state index contributed by atoms with van der Waals surface area (Å²) in [4.78, 5) is 12.1. The number of aromatic nitrogens is 3. The van der Waals surface area contributed by atoms with Crippen molar-refractivity contribution in [3.05, 3.63) is 104 Å². The molecular weight excluding hydrogens is 541 g/mol. The van der Waals surface area contributed by atoms with Gasteiger partial charge in [-0.3, -0.25) is 0 Å². The highest BCUT2D eigenvalue weighted by Gasteiger charge is 2.18. The quantitative estimate of drug-likeness (QED) is 0.162. The molecule has 0 aliphatic heterocycles. The Morgan fingerprint density at radius 1 is 1.00 bits per heavy atom. The predicted octanol–water partition coefficient (Wildman–Crippen LogP) is 7.92. The summed E-state index contributed by atoms with van der Waals surface area (Å²) < 4.78 is 7.72. The zero-order valence-electron chi connectivity index (χ0n) is 18.4. The lowest BCUT2D eigenvalue weighted by Crippen LogP contribution is -1.98. The van der Waals surface area contributed by atoms with Crippen LogP contribution in [0, 0.1) is 0 Å². The van der Waals surface area contributed by atoms with Crippen molar-refractivity contribution in [3.63, 3.8) is 0 Å². The molecule has 2 heterocycles. The SMILES string of the molecule is O=C(O)/C(=C/c1cn(Cc2ccc(Cl)c(Cl)c2)c2ccccc12)Sc1nnc(-c2ccc(Cl)cc2)o1. The first-order chi connectivity index (χ1) is 17.4. The van der Waals surface area contributed by atoms with Crippen LogP contribution in [0.1, 0.15) is 11.1 Å². The maximum Gasteiger partial charge on any atom is 0.342 e. The van der Waals surface area contributed by atoms with Gasteiger partial charge in [0.1, 0.15) is 4.91 Å². The van der Waals surface area contributed by atoms with E-state index in [1.807, 2.05) is 47.2 Å². The number of thioether (sulfide) groups is 1. The Morgan fingerprint density at radius 2 is 1.78 bits per heavy atom. The highest BCUT2D eigenvalue weighted by Crippen LogP contribution is 2.33. The fourth-order valence-corrected chi connectivity index (χ4v) is 4.80. The van der Waals surface area contributed by atoms with Gasteiger partial charge in [0.25, 0.3) is 5.22 Å².